The zero-order valence-corrected chi connectivity index (χ0v) is 12.7. The Kier molecular flexibility index (Phi) is 5.08. The molecule has 1 N–H and O–H groups in total. The molecule has 18 heavy (non-hydrogen) atoms. The molecule has 0 aromatic carbocycles. The zero-order chi connectivity index (χ0) is 13.0. The van der Waals surface area contributed by atoms with Crippen molar-refractivity contribution in [2.75, 3.05) is 19.6 Å². The van der Waals surface area contributed by atoms with E-state index in [0.717, 1.165) is 12.0 Å². The highest BCUT2D eigenvalue weighted by molar-refractivity contribution is 4.91. The van der Waals surface area contributed by atoms with E-state index in [-0.39, 0.29) is 0 Å². The van der Waals surface area contributed by atoms with E-state index in [2.05, 4.69) is 31.0 Å². The summed E-state index contributed by atoms with van der Waals surface area (Å²) in [5.74, 6) is 0.891. The SMILES string of the molecule is CCCNC1CCCCC1CN1CCCC1(C)C. The van der Waals surface area contributed by atoms with Gasteiger partial charge in [0.05, 0.1) is 0 Å². The van der Waals surface area contributed by atoms with E-state index in [4.69, 9.17) is 0 Å². The summed E-state index contributed by atoms with van der Waals surface area (Å²) in [6, 6.07) is 0.787. The van der Waals surface area contributed by atoms with Crippen molar-refractivity contribution in [3.8, 4) is 0 Å². The van der Waals surface area contributed by atoms with Gasteiger partial charge in [-0.2, -0.15) is 0 Å². The van der Waals surface area contributed by atoms with Gasteiger partial charge in [0.1, 0.15) is 0 Å². The smallest absolute Gasteiger partial charge is 0.0153 e. The van der Waals surface area contributed by atoms with Gasteiger partial charge >= 0.3 is 0 Å². The third-order valence-electron chi connectivity index (χ3n) is 5.09. The third kappa shape index (κ3) is 3.48. The average Bonchev–Trinajstić information content (AvgIpc) is 2.68. The van der Waals surface area contributed by atoms with E-state index in [0.29, 0.717) is 5.54 Å². The lowest BCUT2D eigenvalue weighted by Gasteiger charge is -2.39. The van der Waals surface area contributed by atoms with Crippen LogP contribution in [0.25, 0.3) is 0 Å². The topological polar surface area (TPSA) is 15.3 Å². The van der Waals surface area contributed by atoms with E-state index in [1.165, 1.54) is 64.6 Å². The number of nitrogens with zero attached hydrogens (tertiary/aromatic N) is 1. The predicted molar refractivity (Wildman–Crippen MR) is 78.9 cm³/mol. The molecule has 2 nitrogen and oxygen atoms in total. The minimum Gasteiger partial charge on any atom is -0.314 e. The Morgan fingerprint density at radius 2 is 1.94 bits per heavy atom. The molecule has 2 rings (SSSR count). The molecule has 106 valence electrons. The van der Waals surface area contributed by atoms with Crippen LogP contribution in [0.5, 0.6) is 0 Å². The molecule has 0 spiro atoms. The van der Waals surface area contributed by atoms with Crippen LogP contribution in [0.2, 0.25) is 0 Å². The van der Waals surface area contributed by atoms with Crippen molar-refractivity contribution < 1.29 is 0 Å². The van der Waals surface area contributed by atoms with Gasteiger partial charge in [-0.05, 0) is 65.0 Å². The van der Waals surface area contributed by atoms with Crippen LogP contribution in [0.15, 0.2) is 0 Å². The first-order chi connectivity index (χ1) is 8.63. The van der Waals surface area contributed by atoms with Crippen LogP contribution in [0.1, 0.15) is 65.7 Å². The Bertz CT molecular complexity index is 249. The monoisotopic (exact) mass is 252 g/mol. The number of hydrogen-bond donors (Lipinski definition) is 1. The van der Waals surface area contributed by atoms with Crippen molar-refractivity contribution in [3.05, 3.63) is 0 Å². The normalized spacial score (nSPS) is 32.8. The lowest BCUT2D eigenvalue weighted by atomic mass is 9.83. The molecule has 0 aromatic rings. The van der Waals surface area contributed by atoms with E-state index < -0.39 is 0 Å². The first-order valence-corrected chi connectivity index (χ1v) is 8.12. The molecule has 0 radical (unpaired) electrons. The molecule has 0 aromatic heterocycles. The van der Waals surface area contributed by atoms with Crippen molar-refractivity contribution in [2.24, 2.45) is 5.92 Å². The van der Waals surface area contributed by atoms with Gasteiger partial charge in [0.2, 0.25) is 0 Å². The van der Waals surface area contributed by atoms with Gasteiger partial charge in [-0.15, -0.1) is 0 Å². The van der Waals surface area contributed by atoms with E-state index in [1.807, 2.05) is 0 Å². The highest BCUT2D eigenvalue weighted by Crippen LogP contribution is 2.32. The molecule has 1 heterocycles. The molecule has 0 bridgehead atoms. The molecule has 2 unspecified atom stereocenters. The number of rotatable bonds is 5. The summed E-state index contributed by atoms with van der Waals surface area (Å²) in [6.07, 6.45) is 9.76. The fraction of sp³-hybridized carbons (Fsp3) is 1.00. The third-order valence-corrected chi connectivity index (χ3v) is 5.09. The van der Waals surface area contributed by atoms with Gasteiger partial charge in [-0.25, -0.2) is 0 Å². The van der Waals surface area contributed by atoms with Gasteiger partial charge in [-0.3, -0.25) is 4.90 Å². The van der Waals surface area contributed by atoms with Gasteiger partial charge in [0.15, 0.2) is 0 Å². The Morgan fingerprint density at radius 1 is 1.17 bits per heavy atom. The Morgan fingerprint density at radius 3 is 2.61 bits per heavy atom. The summed E-state index contributed by atoms with van der Waals surface area (Å²) < 4.78 is 0. The van der Waals surface area contributed by atoms with Crippen molar-refractivity contribution >= 4 is 0 Å². The maximum absolute atomic E-state index is 3.80. The maximum Gasteiger partial charge on any atom is 0.0153 e. The summed E-state index contributed by atoms with van der Waals surface area (Å²) in [5, 5.41) is 3.80. The maximum atomic E-state index is 3.80. The zero-order valence-electron chi connectivity index (χ0n) is 12.7. The molecule has 1 saturated carbocycles. The van der Waals surface area contributed by atoms with Crippen molar-refractivity contribution in [3.63, 3.8) is 0 Å². The van der Waals surface area contributed by atoms with Crippen LogP contribution in [0.4, 0.5) is 0 Å². The highest BCUT2D eigenvalue weighted by Gasteiger charge is 2.35. The van der Waals surface area contributed by atoms with Crippen LogP contribution in [-0.2, 0) is 0 Å². The minimum absolute atomic E-state index is 0.451. The van der Waals surface area contributed by atoms with Crippen LogP contribution in [0, 0.1) is 5.92 Å². The Balaban J connectivity index is 1.88. The van der Waals surface area contributed by atoms with Gasteiger partial charge in [0.25, 0.3) is 0 Å². The van der Waals surface area contributed by atoms with Gasteiger partial charge in [0, 0.05) is 18.1 Å². The summed E-state index contributed by atoms with van der Waals surface area (Å²) in [4.78, 5) is 2.75. The molecule has 1 saturated heterocycles. The van der Waals surface area contributed by atoms with E-state index >= 15 is 0 Å². The van der Waals surface area contributed by atoms with Gasteiger partial charge in [-0.1, -0.05) is 19.8 Å². The molecular weight excluding hydrogens is 220 g/mol. The van der Waals surface area contributed by atoms with Crippen LogP contribution in [0.3, 0.4) is 0 Å². The van der Waals surface area contributed by atoms with E-state index in [9.17, 15) is 0 Å². The number of hydrogen-bond acceptors (Lipinski definition) is 2. The molecular formula is C16H32N2. The van der Waals surface area contributed by atoms with Crippen molar-refractivity contribution in [2.45, 2.75) is 77.3 Å². The largest absolute Gasteiger partial charge is 0.314 e. The first-order valence-electron chi connectivity index (χ1n) is 8.12. The quantitative estimate of drug-likeness (QED) is 0.806. The summed E-state index contributed by atoms with van der Waals surface area (Å²) >= 11 is 0. The highest BCUT2D eigenvalue weighted by atomic mass is 15.2. The lowest BCUT2D eigenvalue weighted by Crippen LogP contribution is -2.48. The fourth-order valence-electron chi connectivity index (χ4n) is 3.81. The lowest BCUT2D eigenvalue weighted by molar-refractivity contribution is 0.115. The summed E-state index contributed by atoms with van der Waals surface area (Å²) in [5.41, 5.74) is 0.451. The standard InChI is InChI=1S/C16H32N2/c1-4-11-17-15-9-6-5-8-14(15)13-18-12-7-10-16(18,2)3/h14-15,17H,4-13H2,1-3H3. The minimum atomic E-state index is 0.451. The molecule has 2 fully saturated rings. The molecule has 2 heteroatoms. The molecule has 0 amide bonds. The second-order valence-electron chi connectivity index (χ2n) is 6.97. The second-order valence-corrected chi connectivity index (χ2v) is 6.97. The first kappa shape index (κ1) is 14.3. The van der Waals surface area contributed by atoms with Crippen LogP contribution >= 0.6 is 0 Å². The molecule has 1 aliphatic carbocycles. The van der Waals surface area contributed by atoms with E-state index in [1.54, 1.807) is 0 Å². The summed E-state index contributed by atoms with van der Waals surface area (Å²) in [6.45, 7) is 11.0. The average molecular weight is 252 g/mol. The predicted octanol–water partition coefficient (Wildman–Crippen LogP) is 3.42. The van der Waals surface area contributed by atoms with Crippen molar-refractivity contribution in [1.29, 1.82) is 0 Å². The number of nitrogens with one attached hydrogen (secondary N) is 1. The summed E-state index contributed by atoms with van der Waals surface area (Å²) in [7, 11) is 0. The Labute approximate surface area is 114 Å². The number of likely N-dealkylation sites (tertiary alicyclic amines) is 1. The molecule has 2 atom stereocenters. The van der Waals surface area contributed by atoms with Gasteiger partial charge < -0.3 is 5.32 Å². The molecule has 2 aliphatic rings. The van der Waals surface area contributed by atoms with Crippen LogP contribution < -0.4 is 5.32 Å². The fourth-order valence-corrected chi connectivity index (χ4v) is 3.81. The second kappa shape index (κ2) is 6.38. The molecule has 1 aliphatic heterocycles. The van der Waals surface area contributed by atoms with Crippen molar-refractivity contribution in [1.82, 2.24) is 10.2 Å². The van der Waals surface area contributed by atoms with Crippen LogP contribution in [-0.4, -0.2) is 36.1 Å². The Hall–Kier alpha value is -0.0800.